The molecule has 0 aromatic carbocycles. The van der Waals surface area contributed by atoms with Crippen molar-refractivity contribution in [3.63, 3.8) is 0 Å². The second kappa shape index (κ2) is 3.18. The van der Waals surface area contributed by atoms with Gasteiger partial charge in [0.05, 0.1) is 0 Å². The number of allylic oxidation sites excluding steroid dienone is 2. The summed E-state index contributed by atoms with van der Waals surface area (Å²) in [6.45, 7) is 0. The first kappa shape index (κ1) is 8.26. The summed E-state index contributed by atoms with van der Waals surface area (Å²) in [6, 6.07) is 1.97. The van der Waals surface area contributed by atoms with Gasteiger partial charge < -0.3 is 5.11 Å². The van der Waals surface area contributed by atoms with Gasteiger partial charge in [0.25, 0.3) is 0 Å². The molecular weight excluding hydrogens is 184 g/mol. The first-order valence-electron chi connectivity index (χ1n) is 3.95. The fourth-order valence-corrected chi connectivity index (χ4v) is 2.26. The molecule has 1 aromatic heterocycles. The third-order valence-electron chi connectivity index (χ3n) is 1.95. The van der Waals surface area contributed by atoms with Crippen molar-refractivity contribution in [3.05, 3.63) is 34.0 Å². The Bertz CT molecular complexity index is 399. The molecule has 3 heteroatoms. The number of thiophene rings is 1. The Labute approximate surface area is 79.8 Å². The van der Waals surface area contributed by atoms with E-state index in [9.17, 15) is 4.79 Å². The third-order valence-corrected chi connectivity index (χ3v) is 2.83. The molecule has 1 N–H and O–H groups in total. The number of rotatable bonds is 1. The number of aliphatic carboxylic acids is 1. The van der Waals surface area contributed by atoms with Crippen LogP contribution in [0.3, 0.4) is 0 Å². The summed E-state index contributed by atoms with van der Waals surface area (Å²) in [6.07, 6.45) is 6.04. The lowest BCUT2D eigenvalue weighted by molar-refractivity contribution is -0.131. The minimum atomic E-state index is -0.873. The lowest BCUT2D eigenvalue weighted by Crippen LogP contribution is -1.94. The number of hydrogen-bond donors (Lipinski definition) is 1. The van der Waals surface area contributed by atoms with Gasteiger partial charge in [0.2, 0.25) is 0 Å². The summed E-state index contributed by atoms with van der Waals surface area (Å²) in [5.41, 5.74) is 1.96. The quantitative estimate of drug-likeness (QED) is 0.694. The molecule has 0 unspecified atom stereocenters. The highest BCUT2D eigenvalue weighted by Crippen LogP contribution is 2.32. The Morgan fingerprint density at radius 2 is 2.46 bits per heavy atom. The fraction of sp³-hybridized carbons (Fsp3) is 0.100. The molecule has 0 atom stereocenters. The van der Waals surface area contributed by atoms with Crippen molar-refractivity contribution in [3.8, 4) is 0 Å². The minimum absolute atomic E-state index is 0.718. The zero-order valence-electron chi connectivity index (χ0n) is 6.86. The molecule has 0 saturated heterocycles. The molecule has 1 heterocycles. The van der Waals surface area contributed by atoms with Crippen LogP contribution in [0.1, 0.15) is 16.9 Å². The first-order valence-corrected chi connectivity index (χ1v) is 4.83. The lowest BCUT2D eigenvalue weighted by atomic mass is 9.98. The second-order valence-electron chi connectivity index (χ2n) is 2.81. The van der Waals surface area contributed by atoms with Gasteiger partial charge in [-0.2, -0.15) is 0 Å². The molecule has 0 radical (unpaired) electrons. The molecule has 0 saturated carbocycles. The SMILES string of the molecule is O=C(O)/C=C1\CC=Cc2sccc21. The molecule has 2 nitrogen and oxygen atoms in total. The van der Waals surface area contributed by atoms with Gasteiger partial charge in [0.15, 0.2) is 0 Å². The van der Waals surface area contributed by atoms with Gasteiger partial charge >= 0.3 is 5.97 Å². The van der Waals surface area contributed by atoms with Crippen molar-refractivity contribution >= 4 is 29.0 Å². The monoisotopic (exact) mass is 192 g/mol. The summed E-state index contributed by atoms with van der Waals surface area (Å²) >= 11 is 1.64. The van der Waals surface area contributed by atoms with Gasteiger partial charge in [-0.05, 0) is 35.1 Å². The predicted molar refractivity (Wildman–Crippen MR) is 53.6 cm³/mol. The van der Waals surface area contributed by atoms with Crippen LogP contribution in [0.5, 0.6) is 0 Å². The van der Waals surface area contributed by atoms with Crippen LogP contribution in [0.4, 0.5) is 0 Å². The third kappa shape index (κ3) is 1.55. The largest absolute Gasteiger partial charge is 0.478 e. The first-order chi connectivity index (χ1) is 6.27. The standard InChI is InChI=1S/C10H8O2S/c11-10(12)6-7-2-1-3-9-8(7)4-5-13-9/h1,3-6H,2H2,(H,11,12)/b7-6+. The molecule has 13 heavy (non-hydrogen) atoms. The van der Waals surface area contributed by atoms with Crippen LogP contribution in [0, 0.1) is 0 Å². The Kier molecular flexibility index (Phi) is 2.02. The zero-order valence-corrected chi connectivity index (χ0v) is 7.67. The number of carbonyl (C=O) groups is 1. The van der Waals surface area contributed by atoms with E-state index in [1.807, 2.05) is 23.6 Å². The van der Waals surface area contributed by atoms with E-state index < -0.39 is 5.97 Å². The average molecular weight is 192 g/mol. The van der Waals surface area contributed by atoms with Crippen LogP contribution in [0.2, 0.25) is 0 Å². The van der Waals surface area contributed by atoms with Crippen LogP contribution in [0.25, 0.3) is 11.6 Å². The molecular formula is C10H8O2S. The van der Waals surface area contributed by atoms with Gasteiger partial charge in [-0.1, -0.05) is 6.08 Å². The molecule has 1 aliphatic carbocycles. The lowest BCUT2D eigenvalue weighted by Gasteiger charge is -2.07. The number of carboxylic acid groups (broad SMARTS) is 1. The van der Waals surface area contributed by atoms with E-state index in [0.29, 0.717) is 0 Å². The minimum Gasteiger partial charge on any atom is -0.478 e. The van der Waals surface area contributed by atoms with E-state index in [0.717, 1.165) is 22.4 Å². The Hall–Kier alpha value is -1.35. The molecule has 0 fully saturated rings. The van der Waals surface area contributed by atoms with Gasteiger partial charge in [0, 0.05) is 11.0 Å². The molecule has 66 valence electrons. The highest BCUT2D eigenvalue weighted by atomic mass is 32.1. The van der Waals surface area contributed by atoms with Crippen molar-refractivity contribution in [1.29, 1.82) is 0 Å². The van der Waals surface area contributed by atoms with Crippen LogP contribution in [0.15, 0.2) is 23.6 Å². The molecule has 2 rings (SSSR count). The van der Waals surface area contributed by atoms with E-state index in [1.165, 1.54) is 6.08 Å². The van der Waals surface area contributed by atoms with Gasteiger partial charge in [0.1, 0.15) is 0 Å². The van der Waals surface area contributed by atoms with Crippen molar-refractivity contribution < 1.29 is 9.90 Å². The topological polar surface area (TPSA) is 37.3 Å². The van der Waals surface area contributed by atoms with Crippen LogP contribution < -0.4 is 0 Å². The highest BCUT2D eigenvalue weighted by molar-refractivity contribution is 7.11. The Morgan fingerprint density at radius 3 is 3.23 bits per heavy atom. The summed E-state index contributed by atoms with van der Waals surface area (Å²) in [4.78, 5) is 11.7. The normalized spacial score (nSPS) is 17.4. The number of fused-ring (bicyclic) bond motifs is 1. The van der Waals surface area contributed by atoms with Gasteiger partial charge in [-0.25, -0.2) is 4.79 Å². The molecule has 0 bridgehead atoms. The molecule has 1 aliphatic rings. The van der Waals surface area contributed by atoms with E-state index in [4.69, 9.17) is 5.11 Å². The van der Waals surface area contributed by atoms with Crippen molar-refractivity contribution in [2.75, 3.05) is 0 Å². The molecule has 0 aliphatic heterocycles. The number of carboxylic acids is 1. The second-order valence-corrected chi connectivity index (χ2v) is 3.76. The van der Waals surface area contributed by atoms with E-state index in [2.05, 4.69) is 0 Å². The maximum Gasteiger partial charge on any atom is 0.328 e. The summed E-state index contributed by atoms with van der Waals surface area (Å²) < 4.78 is 0. The smallest absolute Gasteiger partial charge is 0.328 e. The predicted octanol–water partition coefficient (Wildman–Crippen LogP) is 2.63. The Morgan fingerprint density at radius 1 is 1.62 bits per heavy atom. The number of hydrogen-bond acceptors (Lipinski definition) is 2. The van der Waals surface area contributed by atoms with E-state index in [1.54, 1.807) is 11.3 Å². The van der Waals surface area contributed by atoms with Crippen LogP contribution in [-0.4, -0.2) is 11.1 Å². The van der Waals surface area contributed by atoms with Crippen molar-refractivity contribution in [1.82, 2.24) is 0 Å². The van der Waals surface area contributed by atoms with Crippen molar-refractivity contribution in [2.45, 2.75) is 6.42 Å². The fourth-order valence-electron chi connectivity index (χ4n) is 1.40. The molecule has 0 spiro atoms. The summed E-state index contributed by atoms with van der Waals surface area (Å²) in [5, 5.41) is 10.6. The maximum absolute atomic E-state index is 10.5. The Balaban J connectivity index is 2.46. The van der Waals surface area contributed by atoms with Crippen LogP contribution >= 0.6 is 11.3 Å². The van der Waals surface area contributed by atoms with Crippen molar-refractivity contribution in [2.24, 2.45) is 0 Å². The molecule has 1 aromatic rings. The van der Waals surface area contributed by atoms with E-state index in [-0.39, 0.29) is 0 Å². The van der Waals surface area contributed by atoms with Gasteiger partial charge in [-0.15, -0.1) is 11.3 Å². The van der Waals surface area contributed by atoms with Gasteiger partial charge in [-0.3, -0.25) is 0 Å². The molecule has 0 amide bonds. The highest BCUT2D eigenvalue weighted by Gasteiger charge is 2.11. The average Bonchev–Trinajstić information content (AvgIpc) is 2.51. The van der Waals surface area contributed by atoms with Crippen LogP contribution in [-0.2, 0) is 4.79 Å². The zero-order chi connectivity index (χ0) is 9.26. The summed E-state index contributed by atoms with van der Waals surface area (Å²) in [5.74, 6) is -0.873. The maximum atomic E-state index is 10.5. The summed E-state index contributed by atoms with van der Waals surface area (Å²) in [7, 11) is 0. The van der Waals surface area contributed by atoms with E-state index >= 15 is 0 Å².